The Balaban J connectivity index is 2.36. The first-order valence-electron chi connectivity index (χ1n) is 3.89. The van der Waals surface area contributed by atoms with E-state index in [1.54, 1.807) is 11.8 Å². The zero-order valence-corrected chi connectivity index (χ0v) is 8.05. The molecule has 4 N–H and O–H groups in total. The topological polar surface area (TPSA) is 55.3 Å². The zero-order chi connectivity index (χ0) is 8.97. The minimum absolute atomic E-state index is 0.272. The molecule has 0 bridgehead atoms. The highest BCUT2D eigenvalue weighted by molar-refractivity contribution is 7.99. The third-order valence-corrected chi connectivity index (χ3v) is 2.44. The van der Waals surface area contributed by atoms with Crippen LogP contribution < -0.4 is 11.5 Å². The molecule has 0 aromatic carbocycles. The summed E-state index contributed by atoms with van der Waals surface area (Å²) in [6, 6.07) is 0. The fourth-order valence-corrected chi connectivity index (χ4v) is 1.58. The molecule has 0 saturated heterocycles. The summed E-state index contributed by atoms with van der Waals surface area (Å²) >= 11 is 1.55. The van der Waals surface area contributed by atoms with Crippen LogP contribution in [0.1, 0.15) is 0 Å². The molecule has 0 atom stereocenters. The Bertz CT molecular complexity index is 198. The van der Waals surface area contributed by atoms with E-state index in [2.05, 4.69) is 30.3 Å². The van der Waals surface area contributed by atoms with E-state index in [-0.39, 0.29) is 5.50 Å². The maximum Gasteiger partial charge on any atom is 0.101 e. The van der Waals surface area contributed by atoms with Gasteiger partial charge in [0.25, 0.3) is 0 Å². The van der Waals surface area contributed by atoms with E-state index < -0.39 is 0 Å². The summed E-state index contributed by atoms with van der Waals surface area (Å²) in [5.74, 6) is 0.887. The highest BCUT2D eigenvalue weighted by Crippen LogP contribution is 2.13. The van der Waals surface area contributed by atoms with E-state index in [4.69, 9.17) is 11.5 Å². The van der Waals surface area contributed by atoms with Crippen LogP contribution in [0, 0.1) is 0 Å². The van der Waals surface area contributed by atoms with E-state index >= 15 is 0 Å². The number of nitrogens with two attached hydrogens (primary N) is 2. The average Bonchev–Trinajstić information content (AvgIpc) is 2.01. The molecule has 1 rings (SSSR count). The first-order chi connectivity index (χ1) is 5.68. The minimum atomic E-state index is -0.272. The van der Waals surface area contributed by atoms with Gasteiger partial charge in [-0.2, -0.15) is 0 Å². The van der Waals surface area contributed by atoms with Crippen LogP contribution in [0.15, 0.2) is 23.9 Å². The van der Waals surface area contributed by atoms with Crippen molar-refractivity contribution in [3.05, 3.63) is 23.9 Å². The lowest BCUT2D eigenvalue weighted by Crippen LogP contribution is -2.27. The molecule has 12 heavy (non-hydrogen) atoms. The Morgan fingerprint density at radius 2 is 2.42 bits per heavy atom. The Labute approximate surface area is 77.5 Å². The first kappa shape index (κ1) is 9.64. The fraction of sp³-hybridized carbons (Fsp3) is 0.500. The van der Waals surface area contributed by atoms with Crippen LogP contribution in [0.5, 0.6) is 0 Å². The van der Waals surface area contributed by atoms with Gasteiger partial charge in [0.1, 0.15) is 5.50 Å². The van der Waals surface area contributed by atoms with Gasteiger partial charge in [-0.15, -0.1) is 11.8 Å². The molecule has 0 aliphatic carbocycles. The molecule has 1 heterocycles. The SMILES string of the molecule is CN1C=C(CSC(N)N)C=CC1. The first-order valence-corrected chi connectivity index (χ1v) is 4.93. The zero-order valence-electron chi connectivity index (χ0n) is 7.23. The molecule has 1 aliphatic rings. The molecule has 0 radical (unpaired) electrons. The third kappa shape index (κ3) is 3.30. The van der Waals surface area contributed by atoms with E-state index in [1.807, 2.05) is 0 Å². The van der Waals surface area contributed by atoms with Crippen molar-refractivity contribution in [3.63, 3.8) is 0 Å². The second-order valence-corrected chi connectivity index (χ2v) is 3.99. The highest BCUT2D eigenvalue weighted by atomic mass is 32.2. The maximum atomic E-state index is 5.42. The number of hydrogen-bond acceptors (Lipinski definition) is 4. The minimum Gasteiger partial charge on any atom is -0.376 e. The van der Waals surface area contributed by atoms with Gasteiger partial charge >= 0.3 is 0 Å². The van der Waals surface area contributed by atoms with E-state index in [0.717, 1.165) is 12.3 Å². The van der Waals surface area contributed by atoms with Crippen LogP contribution in [0.25, 0.3) is 0 Å². The van der Waals surface area contributed by atoms with Gasteiger partial charge in [0, 0.05) is 25.5 Å². The summed E-state index contributed by atoms with van der Waals surface area (Å²) in [7, 11) is 2.05. The van der Waals surface area contributed by atoms with Crippen molar-refractivity contribution in [2.45, 2.75) is 5.50 Å². The Kier molecular flexibility index (Phi) is 3.65. The second-order valence-electron chi connectivity index (χ2n) is 2.82. The van der Waals surface area contributed by atoms with Crippen molar-refractivity contribution < 1.29 is 0 Å². The monoisotopic (exact) mass is 185 g/mol. The van der Waals surface area contributed by atoms with Crippen LogP contribution in [-0.2, 0) is 0 Å². The van der Waals surface area contributed by atoms with Crippen LogP contribution in [0.3, 0.4) is 0 Å². The standard InChI is InChI=1S/C8H15N3S/c1-11-4-2-3-7(5-11)6-12-8(9)10/h2-3,5,8H,4,6,9-10H2,1H3. The van der Waals surface area contributed by atoms with Crippen molar-refractivity contribution in [1.82, 2.24) is 4.90 Å². The van der Waals surface area contributed by atoms with Gasteiger partial charge in [0.15, 0.2) is 0 Å². The molecule has 0 amide bonds. The maximum absolute atomic E-state index is 5.42. The van der Waals surface area contributed by atoms with Gasteiger partial charge in [-0.1, -0.05) is 12.2 Å². The summed E-state index contributed by atoms with van der Waals surface area (Å²) in [4.78, 5) is 2.14. The Morgan fingerprint density at radius 3 is 3.00 bits per heavy atom. The van der Waals surface area contributed by atoms with Gasteiger partial charge in [-0.25, -0.2) is 0 Å². The lowest BCUT2D eigenvalue weighted by atomic mass is 10.2. The van der Waals surface area contributed by atoms with Gasteiger partial charge in [-0.05, 0) is 5.57 Å². The summed E-state index contributed by atoms with van der Waals surface area (Å²) in [6.07, 6.45) is 6.38. The predicted molar refractivity (Wildman–Crippen MR) is 54.5 cm³/mol. The average molecular weight is 185 g/mol. The molecule has 4 heteroatoms. The summed E-state index contributed by atoms with van der Waals surface area (Å²) in [6.45, 7) is 0.989. The lowest BCUT2D eigenvalue weighted by Gasteiger charge is -2.17. The van der Waals surface area contributed by atoms with Crippen LogP contribution in [0.4, 0.5) is 0 Å². The van der Waals surface area contributed by atoms with Gasteiger partial charge < -0.3 is 16.4 Å². The normalized spacial score (nSPS) is 17.0. The predicted octanol–water partition coefficient (Wildman–Crippen LogP) is 0.306. The van der Waals surface area contributed by atoms with Crippen molar-refractivity contribution in [3.8, 4) is 0 Å². The molecule has 0 unspecified atom stereocenters. The molecule has 0 spiro atoms. The smallest absolute Gasteiger partial charge is 0.101 e. The number of nitrogens with zero attached hydrogens (tertiary/aromatic N) is 1. The third-order valence-electron chi connectivity index (χ3n) is 1.55. The van der Waals surface area contributed by atoms with Crippen molar-refractivity contribution >= 4 is 11.8 Å². The van der Waals surface area contributed by atoms with Crippen molar-refractivity contribution in [1.29, 1.82) is 0 Å². The van der Waals surface area contributed by atoms with E-state index in [1.165, 1.54) is 5.57 Å². The van der Waals surface area contributed by atoms with Gasteiger partial charge in [0.2, 0.25) is 0 Å². The van der Waals surface area contributed by atoms with Crippen LogP contribution >= 0.6 is 11.8 Å². The van der Waals surface area contributed by atoms with E-state index in [0.29, 0.717) is 0 Å². The van der Waals surface area contributed by atoms with Crippen molar-refractivity contribution in [2.75, 3.05) is 19.3 Å². The van der Waals surface area contributed by atoms with Gasteiger partial charge in [0.05, 0.1) is 0 Å². The number of thioether (sulfide) groups is 1. The summed E-state index contributed by atoms with van der Waals surface area (Å²) in [5.41, 5.74) is 11.8. The molecule has 0 saturated carbocycles. The van der Waals surface area contributed by atoms with Crippen LogP contribution in [0.2, 0.25) is 0 Å². The quantitative estimate of drug-likeness (QED) is 0.621. The number of rotatable bonds is 3. The molecular weight excluding hydrogens is 170 g/mol. The molecule has 0 aromatic heterocycles. The van der Waals surface area contributed by atoms with Crippen LogP contribution in [-0.4, -0.2) is 29.7 Å². The highest BCUT2D eigenvalue weighted by Gasteiger charge is 2.02. The van der Waals surface area contributed by atoms with Crippen molar-refractivity contribution in [2.24, 2.45) is 11.5 Å². The van der Waals surface area contributed by atoms with Gasteiger partial charge in [-0.3, -0.25) is 0 Å². The number of hydrogen-bond donors (Lipinski definition) is 2. The Morgan fingerprint density at radius 1 is 1.67 bits per heavy atom. The number of likely N-dealkylation sites (N-methyl/N-ethyl adjacent to an activating group) is 1. The summed E-state index contributed by atoms with van der Waals surface area (Å²) in [5, 5.41) is 0. The molecule has 68 valence electrons. The number of allylic oxidation sites excluding steroid dienone is 1. The molecule has 0 fully saturated rings. The lowest BCUT2D eigenvalue weighted by molar-refractivity contribution is 0.500. The largest absolute Gasteiger partial charge is 0.376 e. The Hall–Kier alpha value is -0.450. The van der Waals surface area contributed by atoms with E-state index in [9.17, 15) is 0 Å². The molecule has 0 aromatic rings. The molecular formula is C8H15N3S. The molecule has 3 nitrogen and oxygen atoms in total. The molecule has 1 aliphatic heterocycles. The second kappa shape index (κ2) is 4.54. The fourth-order valence-electron chi connectivity index (χ4n) is 1.03. The summed E-state index contributed by atoms with van der Waals surface area (Å²) < 4.78 is 0.